The fourth-order valence-corrected chi connectivity index (χ4v) is 2.18. The maximum Gasteiger partial charge on any atom is 0.125 e. The highest BCUT2D eigenvalue weighted by molar-refractivity contribution is 5.38. The second-order valence-corrected chi connectivity index (χ2v) is 4.50. The fourth-order valence-electron chi connectivity index (χ4n) is 2.18. The highest BCUT2D eigenvalue weighted by Gasteiger charge is 2.21. The molecule has 0 saturated heterocycles. The van der Waals surface area contributed by atoms with E-state index in [2.05, 4.69) is 13.8 Å². The van der Waals surface area contributed by atoms with Crippen LogP contribution < -0.4 is 4.74 Å². The maximum atomic E-state index is 10.4. The lowest BCUT2D eigenvalue weighted by molar-refractivity contribution is 0.0996. The van der Waals surface area contributed by atoms with Gasteiger partial charge in [-0.15, -0.1) is 0 Å². The Balaban J connectivity index is 3.04. The zero-order valence-corrected chi connectivity index (χ0v) is 11.4. The number of hydrogen-bond donors (Lipinski definition) is 1. The van der Waals surface area contributed by atoms with Gasteiger partial charge in [0.2, 0.25) is 0 Å². The van der Waals surface area contributed by atoms with Crippen LogP contribution in [-0.4, -0.2) is 11.7 Å². The number of aliphatic hydroxyl groups excluding tert-OH is 1. The van der Waals surface area contributed by atoms with E-state index >= 15 is 0 Å². The van der Waals surface area contributed by atoms with Crippen LogP contribution in [0.25, 0.3) is 0 Å². The molecule has 1 unspecified atom stereocenters. The molecule has 1 atom stereocenters. The van der Waals surface area contributed by atoms with E-state index in [0.717, 1.165) is 29.7 Å². The molecule has 0 saturated carbocycles. The third kappa shape index (κ3) is 3.47. The maximum absolute atomic E-state index is 10.4. The molecule has 0 aliphatic heterocycles. The molecule has 1 aromatic rings. The first-order valence-electron chi connectivity index (χ1n) is 6.55. The summed E-state index contributed by atoms with van der Waals surface area (Å²) in [7, 11) is 0. The lowest BCUT2D eigenvalue weighted by atomic mass is 9.90. The van der Waals surface area contributed by atoms with Gasteiger partial charge >= 0.3 is 0 Å². The van der Waals surface area contributed by atoms with Crippen molar-refractivity contribution in [2.45, 2.75) is 46.6 Å². The molecule has 96 valence electrons. The Labute approximate surface area is 105 Å². The van der Waals surface area contributed by atoms with Gasteiger partial charge in [-0.25, -0.2) is 0 Å². The van der Waals surface area contributed by atoms with Crippen LogP contribution in [0.4, 0.5) is 0 Å². The molecule has 1 N–H and O–H groups in total. The lowest BCUT2D eigenvalue weighted by Gasteiger charge is -2.23. The Morgan fingerprint density at radius 2 is 1.82 bits per heavy atom. The molecule has 0 aliphatic rings. The van der Waals surface area contributed by atoms with Crippen LogP contribution >= 0.6 is 0 Å². The van der Waals surface area contributed by atoms with Gasteiger partial charge in [-0.05, 0) is 31.9 Å². The number of ether oxygens (including phenoxy) is 1. The summed E-state index contributed by atoms with van der Waals surface area (Å²) in [6.45, 7) is 8.87. The van der Waals surface area contributed by atoms with E-state index in [1.54, 1.807) is 0 Å². The summed E-state index contributed by atoms with van der Waals surface area (Å²) in [4.78, 5) is 0. The summed E-state index contributed by atoms with van der Waals surface area (Å²) in [6, 6.07) is 6.02. The SMILES string of the molecule is CCOc1ccc(C)cc1C(O)C(CC)CC. The number of aryl methyl sites for hydroxylation is 1. The van der Waals surface area contributed by atoms with Gasteiger partial charge < -0.3 is 9.84 Å². The van der Waals surface area contributed by atoms with Crippen molar-refractivity contribution in [2.75, 3.05) is 6.61 Å². The zero-order chi connectivity index (χ0) is 12.8. The second-order valence-electron chi connectivity index (χ2n) is 4.50. The Morgan fingerprint density at radius 1 is 1.18 bits per heavy atom. The molecule has 0 aromatic heterocycles. The monoisotopic (exact) mass is 236 g/mol. The van der Waals surface area contributed by atoms with Crippen LogP contribution in [-0.2, 0) is 0 Å². The highest BCUT2D eigenvalue weighted by atomic mass is 16.5. The predicted octanol–water partition coefficient (Wildman–Crippen LogP) is 3.86. The molecule has 0 heterocycles. The van der Waals surface area contributed by atoms with E-state index in [1.807, 2.05) is 32.0 Å². The molecule has 0 bridgehead atoms. The summed E-state index contributed by atoms with van der Waals surface area (Å²) in [5.41, 5.74) is 2.09. The quantitative estimate of drug-likeness (QED) is 0.812. The van der Waals surface area contributed by atoms with Crippen molar-refractivity contribution in [3.05, 3.63) is 29.3 Å². The minimum atomic E-state index is -0.425. The van der Waals surface area contributed by atoms with Gasteiger partial charge in [0.05, 0.1) is 12.7 Å². The third-order valence-corrected chi connectivity index (χ3v) is 3.28. The summed E-state index contributed by atoms with van der Waals surface area (Å²) < 4.78 is 5.59. The third-order valence-electron chi connectivity index (χ3n) is 3.28. The Kier molecular flexibility index (Phi) is 5.49. The summed E-state index contributed by atoms with van der Waals surface area (Å²) >= 11 is 0. The Morgan fingerprint density at radius 3 is 2.35 bits per heavy atom. The van der Waals surface area contributed by atoms with Crippen LogP contribution in [0.1, 0.15) is 50.8 Å². The molecule has 0 aliphatic carbocycles. The highest BCUT2D eigenvalue weighted by Crippen LogP contribution is 2.33. The first-order valence-corrected chi connectivity index (χ1v) is 6.55. The van der Waals surface area contributed by atoms with Crippen molar-refractivity contribution in [1.29, 1.82) is 0 Å². The molecule has 0 spiro atoms. The summed E-state index contributed by atoms with van der Waals surface area (Å²) in [5, 5.41) is 10.4. The van der Waals surface area contributed by atoms with Gasteiger partial charge in [-0.1, -0.05) is 38.3 Å². The average Bonchev–Trinajstić information content (AvgIpc) is 2.33. The van der Waals surface area contributed by atoms with E-state index in [0.29, 0.717) is 12.5 Å². The van der Waals surface area contributed by atoms with Crippen LogP contribution in [0.15, 0.2) is 18.2 Å². The van der Waals surface area contributed by atoms with Crippen molar-refractivity contribution in [3.8, 4) is 5.75 Å². The van der Waals surface area contributed by atoms with E-state index in [-0.39, 0.29) is 0 Å². The second kappa shape index (κ2) is 6.65. The molecule has 0 radical (unpaired) electrons. The van der Waals surface area contributed by atoms with Gasteiger partial charge in [-0.3, -0.25) is 0 Å². The zero-order valence-electron chi connectivity index (χ0n) is 11.4. The smallest absolute Gasteiger partial charge is 0.125 e. The molecule has 2 nitrogen and oxygen atoms in total. The van der Waals surface area contributed by atoms with Crippen LogP contribution in [0.2, 0.25) is 0 Å². The average molecular weight is 236 g/mol. The summed E-state index contributed by atoms with van der Waals surface area (Å²) in [6.07, 6.45) is 1.54. The minimum Gasteiger partial charge on any atom is -0.493 e. The molecular formula is C15H24O2. The molecule has 1 rings (SSSR count). The minimum absolute atomic E-state index is 0.302. The van der Waals surface area contributed by atoms with E-state index in [9.17, 15) is 5.11 Å². The number of rotatable bonds is 6. The Hall–Kier alpha value is -1.02. The van der Waals surface area contributed by atoms with Crippen molar-refractivity contribution in [3.63, 3.8) is 0 Å². The molecule has 2 heteroatoms. The van der Waals surface area contributed by atoms with Gasteiger partial charge in [0.25, 0.3) is 0 Å². The van der Waals surface area contributed by atoms with Gasteiger partial charge in [0, 0.05) is 5.56 Å². The number of aliphatic hydroxyl groups is 1. The largest absolute Gasteiger partial charge is 0.493 e. The topological polar surface area (TPSA) is 29.5 Å². The van der Waals surface area contributed by atoms with Crippen LogP contribution in [0, 0.1) is 12.8 Å². The standard InChI is InChI=1S/C15H24O2/c1-5-12(6-2)15(16)13-10-11(4)8-9-14(13)17-7-3/h8-10,12,15-16H,5-7H2,1-4H3. The first-order chi connectivity index (χ1) is 8.13. The first kappa shape index (κ1) is 14.0. The number of hydrogen-bond acceptors (Lipinski definition) is 2. The van der Waals surface area contributed by atoms with Crippen LogP contribution in [0.5, 0.6) is 5.75 Å². The fraction of sp³-hybridized carbons (Fsp3) is 0.600. The Bertz CT molecular complexity index is 343. The molecule has 17 heavy (non-hydrogen) atoms. The van der Waals surface area contributed by atoms with E-state index < -0.39 is 6.10 Å². The molecule has 1 aromatic carbocycles. The van der Waals surface area contributed by atoms with E-state index in [4.69, 9.17) is 4.74 Å². The predicted molar refractivity (Wildman–Crippen MR) is 71.4 cm³/mol. The van der Waals surface area contributed by atoms with Gasteiger partial charge in [0.1, 0.15) is 5.75 Å². The van der Waals surface area contributed by atoms with Gasteiger partial charge in [-0.2, -0.15) is 0 Å². The molecule has 0 fully saturated rings. The number of benzene rings is 1. The van der Waals surface area contributed by atoms with E-state index in [1.165, 1.54) is 0 Å². The molecule has 0 amide bonds. The molecular weight excluding hydrogens is 212 g/mol. The van der Waals surface area contributed by atoms with Crippen molar-refractivity contribution < 1.29 is 9.84 Å². The van der Waals surface area contributed by atoms with Crippen molar-refractivity contribution >= 4 is 0 Å². The van der Waals surface area contributed by atoms with Crippen molar-refractivity contribution in [1.82, 2.24) is 0 Å². The van der Waals surface area contributed by atoms with Crippen molar-refractivity contribution in [2.24, 2.45) is 5.92 Å². The summed E-state index contributed by atoms with van der Waals surface area (Å²) in [5.74, 6) is 1.12. The normalized spacial score (nSPS) is 12.8. The lowest BCUT2D eigenvalue weighted by Crippen LogP contribution is -2.12. The van der Waals surface area contributed by atoms with Gasteiger partial charge in [0.15, 0.2) is 0 Å². The van der Waals surface area contributed by atoms with Crippen LogP contribution in [0.3, 0.4) is 0 Å².